The van der Waals surface area contributed by atoms with Gasteiger partial charge in [-0.2, -0.15) is 0 Å². The fourth-order valence-electron chi connectivity index (χ4n) is 3.54. The number of thiocarbonyl (C=S) groups is 1. The number of fused-ring (bicyclic) bond motifs is 1. The molecule has 29 heavy (non-hydrogen) atoms. The highest BCUT2D eigenvalue weighted by molar-refractivity contribution is 7.80. The van der Waals surface area contributed by atoms with E-state index in [0.29, 0.717) is 18.2 Å². The number of benzene rings is 1. The van der Waals surface area contributed by atoms with Gasteiger partial charge in [0.05, 0.1) is 12.6 Å². The number of aryl methyl sites for hydroxylation is 1. The van der Waals surface area contributed by atoms with Crippen LogP contribution in [-0.4, -0.2) is 66.3 Å². The van der Waals surface area contributed by atoms with Gasteiger partial charge in [0, 0.05) is 37.3 Å². The van der Waals surface area contributed by atoms with Crippen LogP contribution in [0.25, 0.3) is 10.9 Å². The second-order valence-corrected chi connectivity index (χ2v) is 8.33. The molecule has 1 saturated heterocycles. The molecule has 1 aromatic heterocycles. The SMILES string of the molecule is CCc1ccc2[nH]c(=O)c(CN(CCN(C)C)C(=S)NC[C@@H]3CCCO3)cc2c1. The van der Waals surface area contributed by atoms with E-state index in [2.05, 4.69) is 39.2 Å². The Morgan fingerprint density at radius 3 is 2.83 bits per heavy atom. The first-order chi connectivity index (χ1) is 14.0. The van der Waals surface area contributed by atoms with Gasteiger partial charge in [0.2, 0.25) is 0 Å². The summed E-state index contributed by atoms with van der Waals surface area (Å²) >= 11 is 5.67. The van der Waals surface area contributed by atoms with Gasteiger partial charge in [0.25, 0.3) is 5.56 Å². The monoisotopic (exact) mass is 416 g/mol. The van der Waals surface area contributed by atoms with Crippen LogP contribution in [0.4, 0.5) is 0 Å². The van der Waals surface area contributed by atoms with Crippen LogP contribution in [0, 0.1) is 0 Å². The molecule has 1 fully saturated rings. The summed E-state index contributed by atoms with van der Waals surface area (Å²) < 4.78 is 5.68. The Morgan fingerprint density at radius 2 is 2.14 bits per heavy atom. The van der Waals surface area contributed by atoms with Crippen molar-refractivity contribution in [3.63, 3.8) is 0 Å². The highest BCUT2D eigenvalue weighted by Gasteiger charge is 2.18. The van der Waals surface area contributed by atoms with Crippen molar-refractivity contribution in [1.29, 1.82) is 0 Å². The predicted octanol–water partition coefficient (Wildman–Crippen LogP) is 2.51. The van der Waals surface area contributed by atoms with Crippen molar-refractivity contribution in [2.24, 2.45) is 0 Å². The number of aromatic amines is 1. The molecule has 6 nitrogen and oxygen atoms in total. The molecule has 7 heteroatoms. The molecular weight excluding hydrogens is 384 g/mol. The molecule has 2 heterocycles. The van der Waals surface area contributed by atoms with Gasteiger partial charge in [-0.25, -0.2) is 0 Å². The number of H-pyrrole nitrogens is 1. The number of hydrogen-bond acceptors (Lipinski definition) is 4. The van der Waals surface area contributed by atoms with Gasteiger partial charge in [-0.1, -0.05) is 13.0 Å². The van der Waals surface area contributed by atoms with Crippen molar-refractivity contribution in [3.8, 4) is 0 Å². The first kappa shape index (κ1) is 21.7. The van der Waals surface area contributed by atoms with Crippen LogP contribution in [0.3, 0.4) is 0 Å². The number of ether oxygens (including phenoxy) is 1. The van der Waals surface area contributed by atoms with Crippen molar-refractivity contribution in [1.82, 2.24) is 20.1 Å². The van der Waals surface area contributed by atoms with Gasteiger partial charge >= 0.3 is 0 Å². The van der Waals surface area contributed by atoms with Crippen LogP contribution >= 0.6 is 12.2 Å². The van der Waals surface area contributed by atoms with Crippen LogP contribution in [0.2, 0.25) is 0 Å². The third-order valence-corrected chi connectivity index (χ3v) is 5.77. The Hall–Kier alpha value is -1.96. The molecule has 0 spiro atoms. The van der Waals surface area contributed by atoms with Crippen LogP contribution < -0.4 is 10.9 Å². The van der Waals surface area contributed by atoms with Gasteiger partial charge in [-0.15, -0.1) is 0 Å². The zero-order valence-corrected chi connectivity index (χ0v) is 18.5. The topological polar surface area (TPSA) is 60.6 Å². The van der Waals surface area contributed by atoms with E-state index >= 15 is 0 Å². The lowest BCUT2D eigenvalue weighted by Crippen LogP contribution is -2.45. The molecule has 1 aliphatic heterocycles. The first-order valence-corrected chi connectivity index (χ1v) is 10.8. The summed E-state index contributed by atoms with van der Waals surface area (Å²) in [6.45, 7) is 5.76. The third kappa shape index (κ3) is 6.01. The van der Waals surface area contributed by atoms with E-state index in [0.717, 1.165) is 55.4 Å². The van der Waals surface area contributed by atoms with Crippen molar-refractivity contribution in [2.45, 2.75) is 38.8 Å². The smallest absolute Gasteiger partial charge is 0.253 e. The number of aromatic nitrogens is 1. The maximum absolute atomic E-state index is 12.7. The lowest BCUT2D eigenvalue weighted by Gasteiger charge is -2.28. The number of pyridine rings is 1. The lowest BCUT2D eigenvalue weighted by molar-refractivity contribution is 0.113. The summed E-state index contributed by atoms with van der Waals surface area (Å²) in [5.41, 5.74) is 2.80. The number of rotatable bonds is 8. The summed E-state index contributed by atoms with van der Waals surface area (Å²) in [6.07, 6.45) is 3.36. The molecule has 2 aromatic rings. The highest BCUT2D eigenvalue weighted by atomic mass is 32.1. The summed E-state index contributed by atoms with van der Waals surface area (Å²) in [4.78, 5) is 19.9. The highest BCUT2D eigenvalue weighted by Crippen LogP contribution is 2.15. The van der Waals surface area contributed by atoms with E-state index in [1.165, 1.54) is 5.56 Å². The number of likely N-dealkylation sites (N-methyl/N-ethyl adjacent to an activating group) is 1. The normalized spacial score (nSPS) is 16.5. The molecule has 0 aliphatic carbocycles. The molecule has 1 aromatic carbocycles. The fraction of sp³-hybridized carbons (Fsp3) is 0.545. The Kier molecular flexibility index (Phi) is 7.64. The number of nitrogens with zero attached hydrogens (tertiary/aromatic N) is 2. The maximum Gasteiger partial charge on any atom is 0.253 e. The molecule has 0 unspecified atom stereocenters. The Labute approximate surface area is 178 Å². The van der Waals surface area contributed by atoms with Crippen molar-refractivity contribution >= 4 is 28.2 Å². The molecule has 1 aliphatic rings. The molecule has 2 N–H and O–H groups in total. The minimum Gasteiger partial charge on any atom is -0.376 e. The van der Waals surface area contributed by atoms with E-state index in [-0.39, 0.29) is 11.7 Å². The summed E-state index contributed by atoms with van der Waals surface area (Å²) in [7, 11) is 4.08. The van der Waals surface area contributed by atoms with Gasteiger partial charge in [-0.05, 0) is 74.7 Å². The average Bonchev–Trinajstić information content (AvgIpc) is 3.22. The molecule has 158 valence electrons. The van der Waals surface area contributed by atoms with Gasteiger partial charge in [0.15, 0.2) is 5.11 Å². The predicted molar refractivity (Wildman–Crippen MR) is 122 cm³/mol. The second kappa shape index (κ2) is 10.2. The third-order valence-electron chi connectivity index (χ3n) is 5.36. The molecular formula is C22H32N4O2S. The zero-order chi connectivity index (χ0) is 20.8. The summed E-state index contributed by atoms with van der Waals surface area (Å²) in [6, 6.07) is 8.19. The van der Waals surface area contributed by atoms with Crippen molar-refractivity contribution in [2.75, 3.05) is 40.3 Å². The van der Waals surface area contributed by atoms with Crippen molar-refractivity contribution in [3.05, 3.63) is 45.7 Å². The quantitative estimate of drug-likeness (QED) is 0.645. The van der Waals surface area contributed by atoms with E-state index in [1.807, 2.05) is 26.2 Å². The van der Waals surface area contributed by atoms with Crippen molar-refractivity contribution < 1.29 is 4.74 Å². The molecule has 3 rings (SSSR count). The van der Waals surface area contributed by atoms with Crippen LogP contribution in [-0.2, 0) is 17.7 Å². The Morgan fingerprint density at radius 1 is 1.31 bits per heavy atom. The second-order valence-electron chi connectivity index (χ2n) is 7.94. The molecule has 0 amide bonds. The number of hydrogen-bond donors (Lipinski definition) is 2. The first-order valence-electron chi connectivity index (χ1n) is 10.4. The van der Waals surface area contributed by atoms with Crippen LogP contribution in [0.15, 0.2) is 29.1 Å². The van der Waals surface area contributed by atoms with E-state index in [1.54, 1.807) is 0 Å². The average molecular weight is 417 g/mol. The minimum absolute atomic E-state index is 0.0569. The van der Waals surface area contributed by atoms with Crippen LogP contribution in [0.1, 0.15) is 30.9 Å². The number of nitrogens with one attached hydrogen (secondary N) is 2. The summed E-state index contributed by atoms with van der Waals surface area (Å²) in [5.74, 6) is 0. The molecule has 1 atom stereocenters. The van der Waals surface area contributed by atoms with E-state index in [4.69, 9.17) is 17.0 Å². The molecule has 0 bridgehead atoms. The van der Waals surface area contributed by atoms with Crippen LogP contribution in [0.5, 0.6) is 0 Å². The zero-order valence-electron chi connectivity index (χ0n) is 17.7. The lowest BCUT2D eigenvalue weighted by atomic mass is 10.1. The largest absolute Gasteiger partial charge is 0.376 e. The Balaban J connectivity index is 1.77. The van der Waals surface area contributed by atoms with Gasteiger partial charge in [-0.3, -0.25) is 4.79 Å². The Bertz CT molecular complexity index is 890. The molecule has 0 saturated carbocycles. The molecule has 0 radical (unpaired) electrons. The van der Waals surface area contributed by atoms with E-state index < -0.39 is 0 Å². The fourth-order valence-corrected chi connectivity index (χ4v) is 3.77. The van der Waals surface area contributed by atoms with Gasteiger partial charge in [0.1, 0.15) is 0 Å². The van der Waals surface area contributed by atoms with E-state index in [9.17, 15) is 4.79 Å². The minimum atomic E-state index is -0.0569. The summed E-state index contributed by atoms with van der Waals surface area (Å²) in [5, 5.41) is 5.08. The maximum atomic E-state index is 12.7. The van der Waals surface area contributed by atoms with Gasteiger partial charge < -0.3 is 24.8 Å². The standard InChI is InChI=1S/C22H32N4O2S/c1-4-16-7-8-20-17(12-16)13-18(21(27)24-20)15-26(10-9-25(2)3)22(29)23-14-19-6-5-11-28-19/h7-8,12-13,19H,4-6,9-11,14-15H2,1-3H3,(H,23,29)(H,24,27)/t19-/m0/s1.